The van der Waals surface area contributed by atoms with Crippen molar-refractivity contribution in [3.8, 4) is 0 Å². The zero-order valence-corrected chi connectivity index (χ0v) is 10.9. The molecule has 0 aromatic heterocycles. The summed E-state index contributed by atoms with van der Waals surface area (Å²) in [6, 6.07) is 5.34. The monoisotopic (exact) mass is 289 g/mol. The Hall–Kier alpha value is -0.0600. The van der Waals surface area contributed by atoms with Crippen LogP contribution < -0.4 is 5.32 Å². The highest BCUT2D eigenvalue weighted by molar-refractivity contribution is 9.10. The molecule has 0 aliphatic carbocycles. The topological polar surface area (TPSA) is 12.0 Å². The van der Waals surface area contributed by atoms with E-state index in [9.17, 15) is 4.39 Å². The SMILES string of the molecule is CC1CCNC(c2ccc(Br)c(F)c2)S1. The molecule has 0 saturated carbocycles. The quantitative estimate of drug-likeness (QED) is 0.846. The number of nitrogens with one attached hydrogen (secondary N) is 1. The molecule has 0 bridgehead atoms. The largest absolute Gasteiger partial charge is 0.302 e. The van der Waals surface area contributed by atoms with E-state index in [-0.39, 0.29) is 11.2 Å². The van der Waals surface area contributed by atoms with Crippen LogP contribution in [0.15, 0.2) is 22.7 Å². The Morgan fingerprint density at radius 2 is 2.33 bits per heavy atom. The van der Waals surface area contributed by atoms with E-state index in [0.29, 0.717) is 9.72 Å². The van der Waals surface area contributed by atoms with Gasteiger partial charge in [0.25, 0.3) is 0 Å². The Kier molecular flexibility index (Phi) is 3.69. The van der Waals surface area contributed by atoms with Crippen LogP contribution in [0.1, 0.15) is 24.3 Å². The van der Waals surface area contributed by atoms with Crippen molar-refractivity contribution in [1.29, 1.82) is 0 Å². The van der Waals surface area contributed by atoms with Crippen LogP contribution in [0.4, 0.5) is 4.39 Å². The van der Waals surface area contributed by atoms with Crippen molar-refractivity contribution < 1.29 is 4.39 Å². The van der Waals surface area contributed by atoms with Crippen molar-refractivity contribution in [2.24, 2.45) is 0 Å². The first kappa shape index (κ1) is 11.4. The smallest absolute Gasteiger partial charge is 0.137 e. The summed E-state index contributed by atoms with van der Waals surface area (Å²) in [5.41, 5.74) is 1.02. The standard InChI is InChI=1S/C11H13BrFNS/c1-7-4-5-14-11(15-7)8-2-3-9(12)10(13)6-8/h2-3,6-7,11,14H,4-5H2,1H3. The highest BCUT2D eigenvalue weighted by atomic mass is 79.9. The molecule has 1 saturated heterocycles. The molecule has 1 nitrogen and oxygen atoms in total. The van der Waals surface area contributed by atoms with Crippen molar-refractivity contribution in [3.63, 3.8) is 0 Å². The van der Waals surface area contributed by atoms with Gasteiger partial charge < -0.3 is 5.32 Å². The van der Waals surface area contributed by atoms with Crippen LogP contribution in [-0.2, 0) is 0 Å². The molecule has 0 amide bonds. The predicted molar refractivity (Wildman–Crippen MR) is 66.5 cm³/mol. The molecule has 1 aromatic rings. The lowest BCUT2D eigenvalue weighted by Gasteiger charge is -2.28. The number of benzene rings is 1. The van der Waals surface area contributed by atoms with Crippen molar-refractivity contribution in [3.05, 3.63) is 34.1 Å². The van der Waals surface area contributed by atoms with Gasteiger partial charge in [0.05, 0.1) is 9.85 Å². The second-order valence-electron chi connectivity index (χ2n) is 3.74. The summed E-state index contributed by atoms with van der Waals surface area (Å²) < 4.78 is 13.9. The Morgan fingerprint density at radius 3 is 3.00 bits per heavy atom. The van der Waals surface area contributed by atoms with Crippen LogP contribution in [0.5, 0.6) is 0 Å². The van der Waals surface area contributed by atoms with Crippen LogP contribution in [0.2, 0.25) is 0 Å². The van der Waals surface area contributed by atoms with Gasteiger partial charge in [-0.15, -0.1) is 11.8 Å². The summed E-state index contributed by atoms with van der Waals surface area (Å²) in [7, 11) is 0. The number of hydrogen-bond acceptors (Lipinski definition) is 2. The molecular weight excluding hydrogens is 277 g/mol. The number of hydrogen-bond donors (Lipinski definition) is 1. The maximum Gasteiger partial charge on any atom is 0.137 e. The maximum atomic E-state index is 13.3. The predicted octanol–water partition coefficient (Wildman–Crippen LogP) is 3.70. The third-order valence-electron chi connectivity index (χ3n) is 2.50. The lowest BCUT2D eigenvalue weighted by Crippen LogP contribution is -2.28. The van der Waals surface area contributed by atoms with E-state index in [1.807, 2.05) is 17.8 Å². The summed E-state index contributed by atoms with van der Waals surface area (Å²) >= 11 is 5.02. The van der Waals surface area contributed by atoms with E-state index in [2.05, 4.69) is 28.2 Å². The second kappa shape index (κ2) is 4.85. The van der Waals surface area contributed by atoms with E-state index in [1.165, 1.54) is 6.42 Å². The molecule has 0 spiro atoms. The van der Waals surface area contributed by atoms with Gasteiger partial charge >= 0.3 is 0 Å². The first-order valence-corrected chi connectivity index (χ1v) is 6.74. The Labute approximate surface area is 102 Å². The minimum atomic E-state index is -0.187. The molecule has 1 fully saturated rings. The molecule has 1 N–H and O–H groups in total. The van der Waals surface area contributed by atoms with Gasteiger partial charge in [-0.3, -0.25) is 0 Å². The molecule has 2 atom stereocenters. The molecule has 4 heteroatoms. The fraction of sp³-hybridized carbons (Fsp3) is 0.455. The van der Waals surface area contributed by atoms with Crippen molar-refractivity contribution in [2.45, 2.75) is 24.0 Å². The third kappa shape index (κ3) is 2.74. The lowest BCUT2D eigenvalue weighted by molar-refractivity contribution is 0.591. The summed E-state index contributed by atoms with van der Waals surface area (Å²) in [6.45, 7) is 3.23. The number of rotatable bonds is 1. The van der Waals surface area contributed by atoms with Crippen LogP contribution in [0.3, 0.4) is 0 Å². The summed E-state index contributed by atoms with van der Waals surface area (Å²) in [5.74, 6) is -0.187. The van der Waals surface area contributed by atoms with Gasteiger partial charge in [-0.1, -0.05) is 13.0 Å². The number of thioether (sulfide) groups is 1. The van der Waals surface area contributed by atoms with Gasteiger partial charge in [0.1, 0.15) is 5.82 Å². The first-order chi connectivity index (χ1) is 7.16. The zero-order chi connectivity index (χ0) is 10.8. The molecule has 82 valence electrons. The first-order valence-electron chi connectivity index (χ1n) is 5.00. The zero-order valence-electron chi connectivity index (χ0n) is 8.47. The van der Waals surface area contributed by atoms with Crippen LogP contribution >= 0.6 is 27.7 Å². The molecule has 1 aromatic carbocycles. The third-order valence-corrected chi connectivity index (χ3v) is 4.55. The molecule has 2 rings (SSSR count). The molecule has 15 heavy (non-hydrogen) atoms. The van der Waals surface area contributed by atoms with Gasteiger partial charge in [-0.2, -0.15) is 0 Å². The lowest BCUT2D eigenvalue weighted by atomic mass is 10.2. The van der Waals surface area contributed by atoms with Gasteiger partial charge in [-0.25, -0.2) is 4.39 Å². The van der Waals surface area contributed by atoms with E-state index >= 15 is 0 Å². The molecule has 1 aliphatic heterocycles. The van der Waals surface area contributed by atoms with E-state index in [1.54, 1.807) is 12.1 Å². The average Bonchev–Trinajstić information content (AvgIpc) is 2.22. The van der Waals surface area contributed by atoms with Gasteiger partial charge in [0.15, 0.2) is 0 Å². The molecular formula is C11H13BrFNS. The average molecular weight is 290 g/mol. The molecule has 2 unspecified atom stereocenters. The summed E-state index contributed by atoms with van der Waals surface area (Å²) in [4.78, 5) is 0. The van der Waals surface area contributed by atoms with Gasteiger partial charge in [-0.05, 0) is 46.6 Å². The minimum Gasteiger partial charge on any atom is -0.302 e. The molecule has 1 aliphatic rings. The maximum absolute atomic E-state index is 13.3. The van der Waals surface area contributed by atoms with Crippen LogP contribution in [0.25, 0.3) is 0 Å². The second-order valence-corrected chi connectivity index (χ2v) is 6.15. The Bertz CT molecular complexity index is 358. The van der Waals surface area contributed by atoms with Crippen molar-refractivity contribution >= 4 is 27.7 Å². The van der Waals surface area contributed by atoms with Gasteiger partial charge in [0.2, 0.25) is 0 Å². The highest BCUT2D eigenvalue weighted by Crippen LogP contribution is 2.35. The van der Waals surface area contributed by atoms with Crippen molar-refractivity contribution in [1.82, 2.24) is 5.32 Å². The fourth-order valence-electron chi connectivity index (χ4n) is 1.64. The number of halogens is 2. The fourth-order valence-corrected chi connectivity index (χ4v) is 3.12. The van der Waals surface area contributed by atoms with E-state index < -0.39 is 0 Å². The van der Waals surface area contributed by atoms with Gasteiger partial charge in [0, 0.05) is 5.25 Å². The normalized spacial score (nSPS) is 26.6. The molecule has 1 heterocycles. The Morgan fingerprint density at radius 1 is 1.53 bits per heavy atom. The minimum absolute atomic E-state index is 0.187. The van der Waals surface area contributed by atoms with Crippen molar-refractivity contribution in [2.75, 3.05) is 6.54 Å². The summed E-state index contributed by atoms with van der Waals surface area (Å²) in [6.07, 6.45) is 1.18. The summed E-state index contributed by atoms with van der Waals surface area (Å²) in [5, 5.41) is 4.27. The Balaban J connectivity index is 2.18. The molecule has 0 radical (unpaired) electrons. The van der Waals surface area contributed by atoms with E-state index in [4.69, 9.17) is 0 Å². The van der Waals surface area contributed by atoms with E-state index in [0.717, 1.165) is 12.1 Å². The highest BCUT2D eigenvalue weighted by Gasteiger charge is 2.20. The van der Waals surface area contributed by atoms with Crippen LogP contribution in [0, 0.1) is 5.82 Å². The van der Waals surface area contributed by atoms with Crippen LogP contribution in [-0.4, -0.2) is 11.8 Å².